The van der Waals surface area contributed by atoms with Gasteiger partial charge in [-0.2, -0.15) is 0 Å². The maximum atomic E-state index is 12.3. The number of hydrogen-bond acceptors (Lipinski definition) is 3. The Labute approximate surface area is 116 Å². The third-order valence-corrected chi connectivity index (χ3v) is 2.81. The molecule has 0 saturated heterocycles. The van der Waals surface area contributed by atoms with Gasteiger partial charge in [0, 0.05) is 6.54 Å². The van der Waals surface area contributed by atoms with Crippen LogP contribution < -0.4 is 10.5 Å². The van der Waals surface area contributed by atoms with Gasteiger partial charge < -0.3 is 15.6 Å². The van der Waals surface area contributed by atoms with E-state index in [4.69, 9.17) is 5.73 Å². The van der Waals surface area contributed by atoms with Crippen molar-refractivity contribution in [2.75, 3.05) is 6.54 Å². The van der Waals surface area contributed by atoms with Crippen LogP contribution in [0, 0.1) is 0 Å². The number of aliphatic hydroxyl groups excluding tert-OH is 1. The third kappa shape index (κ3) is 5.38. The first-order chi connectivity index (χ1) is 9.01. The van der Waals surface area contributed by atoms with Crippen LogP contribution in [-0.4, -0.2) is 24.1 Å². The van der Waals surface area contributed by atoms with Crippen molar-refractivity contribution in [3.05, 3.63) is 29.3 Å². The van der Waals surface area contributed by atoms with Crippen molar-refractivity contribution in [3.8, 4) is 5.75 Å². The molecule has 114 valence electrons. The fourth-order valence-electron chi connectivity index (χ4n) is 1.76. The second kappa shape index (κ2) is 6.01. The maximum absolute atomic E-state index is 12.3. The summed E-state index contributed by atoms with van der Waals surface area (Å²) in [7, 11) is 0. The van der Waals surface area contributed by atoms with Gasteiger partial charge in [0.05, 0.1) is 6.10 Å². The molecule has 0 saturated carbocycles. The number of rotatable bonds is 4. The first-order valence-electron chi connectivity index (χ1n) is 6.29. The number of nitrogens with two attached hydrogens (primary N) is 1. The van der Waals surface area contributed by atoms with Gasteiger partial charge in [-0.25, -0.2) is 0 Å². The van der Waals surface area contributed by atoms with E-state index in [1.54, 1.807) is 6.07 Å². The van der Waals surface area contributed by atoms with E-state index in [0.717, 1.165) is 0 Å². The largest absolute Gasteiger partial charge is 0.573 e. The summed E-state index contributed by atoms with van der Waals surface area (Å²) < 4.78 is 41.0. The zero-order valence-electron chi connectivity index (χ0n) is 11.8. The first kappa shape index (κ1) is 16.8. The number of alkyl halides is 3. The number of benzene rings is 1. The fraction of sp³-hybridized carbons (Fsp3) is 0.571. The zero-order chi connectivity index (χ0) is 15.6. The van der Waals surface area contributed by atoms with Crippen LogP contribution in [-0.2, 0) is 11.8 Å². The molecule has 0 aromatic heterocycles. The van der Waals surface area contributed by atoms with Gasteiger partial charge in [0.2, 0.25) is 0 Å². The van der Waals surface area contributed by atoms with E-state index < -0.39 is 12.5 Å². The van der Waals surface area contributed by atoms with E-state index in [9.17, 15) is 18.3 Å². The number of ether oxygens (including phenoxy) is 1. The van der Waals surface area contributed by atoms with Crippen LogP contribution in [0.1, 0.15) is 31.9 Å². The molecule has 1 aromatic rings. The van der Waals surface area contributed by atoms with Crippen LogP contribution in [0.15, 0.2) is 18.2 Å². The molecule has 1 atom stereocenters. The lowest BCUT2D eigenvalue weighted by Gasteiger charge is -2.22. The van der Waals surface area contributed by atoms with Gasteiger partial charge in [-0.15, -0.1) is 13.2 Å². The minimum Gasteiger partial charge on any atom is -0.406 e. The fourth-order valence-corrected chi connectivity index (χ4v) is 1.76. The summed E-state index contributed by atoms with van der Waals surface area (Å²) >= 11 is 0. The molecule has 0 bridgehead atoms. The smallest absolute Gasteiger partial charge is 0.406 e. The van der Waals surface area contributed by atoms with E-state index >= 15 is 0 Å². The van der Waals surface area contributed by atoms with Crippen LogP contribution in [0.3, 0.4) is 0 Å². The molecule has 0 fully saturated rings. The molecule has 3 nitrogen and oxygen atoms in total. The Morgan fingerprint density at radius 2 is 1.80 bits per heavy atom. The lowest BCUT2D eigenvalue weighted by atomic mass is 9.85. The molecule has 0 aliphatic rings. The molecule has 3 N–H and O–H groups in total. The highest BCUT2D eigenvalue weighted by atomic mass is 19.4. The van der Waals surface area contributed by atoms with Gasteiger partial charge in [-0.05, 0) is 35.1 Å². The van der Waals surface area contributed by atoms with Gasteiger partial charge in [0.1, 0.15) is 5.75 Å². The normalized spacial score (nSPS) is 14.2. The summed E-state index contributed by atoms with van der Waals surface area (Å²) in [5, 5.41) is 9.54. The maximum Gasteiger partial charge on any atom is 0.573 e. The van der Waals surface area contributed by atoms with Gasteiger partial charge in [0.25, 0.3) is 0 Å². The topological polar surface area (TPSA) is 55.5 Å². The quantitative estimate of drug-likeness (QED) is 0.897. The molecule has 20 heavy (non-hydrogen) atoms. The molecule has 6 heteroatoms. The van der Waals surface area contributed by atoms with E-state index in [-0.39, 0.29) is 24.1 Å². The van der Waals surface area contributed by atoms with E-state index in [1.165, 1.54) is 12.1 Å². The highest BCUT2D eigenvalue weighted by molar-refractivity contribution is 5.38. The predicted octanol–water partition coefficient (Wildman–Crippen LogP) is 2.74. The summed E-state index contributed by atoms with van der Waals surface area (Å²) in [5.41, 5.74) is 6.27. The summed E-state index contributed by atoms with van der Waals surface area (Å²) in [5.74, 6) is -0.274. The molecule has 1 rings (SSSR count). The van der Waals surface area contributed by atoms with Crippen molar-refractivity contribution >= 4 is 0 Å². The van der Waals surface area contributed by atoms with E-state index in [2.05, 4.69) is 4.74 Å². The van der Waals surface area contributed by atoms with Crippen molar-refractivity contribution in [1.29, 1.82) is 0 Å². The molecular formula is C14H20F3NO2. The Balaban J connectivity index is 3.14. The van der Waals surface area contributed by atoms with Crippen molar-refractivity contribution in [1.82, 2.24) is 0 Å². The second-order valence-electron chi connectivity index (χ2n) is 5.76. The van der Waals surface area contributed by atoms with Gasteiger partial charge in [-0.1, -0.05) is 26.8 Å². The summed E-state index contributed by atoms with van der Waals surface area (Å²) in [6.45, 7) is 5.73. The van der Waals surface area contributed by atoms with E-state index in [1.807, 2.05) is 20.8 Å². The Hall–Kier alpha value is -1.27. The average Bonchev–Trinajstić information content (AvgIpc) is 2.24. The van der Waals surface area contributed by atoms with Crippen molar-refractivity contribution in [3.63, 3.8) is 0 Å². The highest BCUT2D eigenvalue weighted by Crippen LogP contribution is 2.31. The summed E-state index contributed by atoms with van der Waals surface area (Å²) in [6, 6.07) is 4.41. The van der Waals surface area contributed by atoms with Gasteiger partial charge in [-0.3, -0.25) is 0 Å². The van der Waals surface area contributed by atoms with Gasteiger partial charge in [0.15, 0.2) is 0 Å². The minimum absolute atomic E-state index is 0.0508. The Bertz CT molecular complexity index is 453. The lowest BCUT2D eigenvalue weighted by molar-refractivity contribution is -0.274. The summed E-state index contributed by atoms with van der Waals surface area (Å²) in [4.78, 5) is 0. The van der Waals surface area contributed by atoms with Crippen molar-refractivity contribution in [2.24, 2.45) is 5.73 Å². The molecule has 0 heterocycles. The first-order valence-corrected chi connectivity index (χ1v) is 6.29. The second-order valence-corrected chi connectivity index (χ2v) is 5.76. The Kier molecular flexibility index (Phi) is 5.05. The molecule has 0 amide bonds. The molecule has 0 unspecified atom stereocenters. The van der Waals surface area contributed by atoms with Crippen molar-refractivity contribution < 1.29 is 23.0 Å². The molecule has 0 aliphatic heterocycles. The molecule has 1 aromatic carbocycles. The van der Waals surface area contributed by atoms with Crippen LogP contribution in [0.4, 0.5) is 13.2 Å². The average molecular weight is 291 g/mol. The SMILES string of the molecule is CC(C)(C)c1cc(C[C@@H](O)CN)cc(OC(F)(F)F)c1. The number of aliphatic hydroxyl groups is 1. The highest BCUT2D eigenvalue weighted by Gasteiger charge is 2.31. The van der Waals surface area contributed by atoms with Crippen molar-refractivity contribution in [2.45, 2.75) is 45.1 Å². The van der Waals surface area contributed by atoms with Crippen LogP contribution in [0.25, 0.3) is 0 Å². The van der Waals surface area contributed by atoms with Gasteiger partial charge >= 0.3 is 6.36 Å². The molecule has 0 spiro atoms. The Morgan fingerprint density at radius 3 is 2.25 bits per heavy atom. The zero-order valence-corrected chi connectivity index (χ0v) is 11.8. The lowest BCUT2D eigenvalue weighted by Crippen LogP contribution is -2.23. The Morgan fingerprint density at radius 1 is 1.20 bits per heavy atom. The molecule has 0 radical (unpaired) electrons. The van der Waals surface area contributed by atoms with Crippen LogP contribution >= 0.6 is 0 Å². The predicted molar refractivity (Wildman–Crippen MR) is 70.6 cm³/mol. The minimum atomic E-state index is -4.74. The third-order valence-electron chi connectivity index (χ3n) is 2.81. The summed E-state index contributed by atoms with van der Waals surface area (Å²) in [6.07, 6.45) is -5.33. The van der Waals surface area contributed by atoms with Crippen LogP contribution in [0.5, 0.6) is 5.75 Å². The number of hydrogen-bond donors (Lipinski definition) is 2. The number of halogens is 3. The monoisotopic (exact) mass is 291 g/mol. The standard InChI is InChI=1S/C14H20F3NO2/c1-13(2,3)10-4-9(5-11(19)8-18)6-12(7-10)20-14(15,16)17/h4,6-7,11,19H,5,8,18H2,1-3H3/t11-/m1/s1. The van der Waals surface area contributed by atoms with E-state index in [0.29, 0.717) is 11.1 Å². The molecule has 0 aliphatic carbocycles. The molecular weight excluding hydrogens is 271 g/mol. The van der Waals surface area contributed by atoms with Crippen LogP contribution in [0.2, 0.25) is 0 Å².